The molecule has 4 bridgehead atoms. The lowest BCUT2D eigenvalue weighted by Gasteiger charge is -2.58. The van der Waals surface area contributed by atoms with E-state index in [1.165, 1.54) is 32.1 Å². The van der Waals surface area contributed by atoms with Crippen LogP contribution in [-0.4, -0.2) is 29.4 Å². The highest BCUT2D eigenvalue weighted by Gasteiger charge is 2.58. The van der Waals surface area contributed by atoms with Crippen molar-refractivity contribution in [1.29, 1.82) is 0 Å². The van der Waals surface area contributed by atoms with Gasteiger partial charge in [0.2, 0.25) is 5.91 Å². The summed E-state index contributed by atoms with van der Waals surface area (Å²) in [5, 5.41) is 4.29. The second-order valence-corrected chi connectivity index (χ2v) is 11.5. The minimum atomic E-state index is -0.344. The Morgan fingerprint density at radius 1 is 1.03 bits per heavy atom. The zero-order valence-corrected chi connectivity index (χ0v) is 19.8. The summed E-state index contributed by atoms with van der Waals surface area (Å²) in [6.45, 7) is 0.714. The minimum Gasteiger partial charge on any atom is -0.491 e. The fourth-order valence-corrected chi connectivity index (χ4v) is 7.71. The van der Waals surface area contributed by atoms with Crippen molar-refractivity contribution < 1.29 is 14.3 Å². The number of nitrogens with one attached hydrogen (secondary N) is 1. The first kappa shape index (κ1) is 21.9. The molecular formula is C28H35N3O3. The van der Waals surface area contributed by atoms with E-state index < -0.39 is 0 Å². The maximum absolute atomic E-state index is 13.3. The third kappa shape index (κ3) is 3.85. The maximum atomic E-state index is 13.3. The van der Waals surface area contributed by atoms with Gasteiger partial charge in [0.05, 0.1) is 6.61 Å². The Balaban J connectivity index is 1.19. The summed E-state index contributed by atoms with van der Waals surface area (Å²) in [7, 11) is 0. The number of aromatic nitrogens is 1. The molecule has 0 spiro atoms. The summed E-state index contributed by atoms with van der Waals surface area (Å²) in [4.78, 5) is 30.3. The number of carbonyl (C=O) groups is 2. The Hall–Kier alpha value is -2.63. The van der Waals surface area contributed by atoms with Gasteiger partial charge in [0.1, 0.15) is 17.0 Å². The van der Waals surface area contributed by atoms with Crippen molar-refractivity contribution >= 4 is 22.7 Å². The maximum Gasteiger partial charge on any atom is 0.270 e. The van der Waals surface area contributed by atoms with E-state index in [-0.39, 0.29) is 23.3 Å². The topological polar surface area (TPSA) is 94.3 Å². The van der Waals surface area contributed by atoms with E-state index in [4.69, 9.17) is 15.5 Å². The van der Waals surface area contributed by atoms with Crippen molar-refractivity contribution in [2.24, 2.45) is 34.8 Å². The highest BCUT2D eigenvalue weighted by Crippen LogP contribution is 2.59. The lowest BCUT2D eigenvalue weighted by molar-refractivity contribution is -0.145. The predicted molar refractivity (Wildman–Crippen MR) is 130 cm³/mol. The van der Waals surface area contributed by atoms with Gasteiger partial charge < -0.3 is 15.8 Å². The summed E-state index contributed by atoms with van der Waals surface area (Å²) >= 11 is 0. The van der Waals surface area contributed by atoms with Gasteiger partial charge >= 0.3 is 0 Å². The van der Waals surface area contributed by atoms with E-state index in [9.17, 15) is 9.59 Å². The van der Waals surface area contributed by atoms with Gasteiger partial charge in [0.25, 0.3) is 5.91 Å². The SMILES string of the molecule is NC(=O)[C@]12CC3CC(C1)[C@@H](NC(=O)c1ccc4cccc(OCC5CCCCC5)c4n1)C(C3)C2. The van der Waals surface area contributed by atoms with Gasteiger partial charge in [-0.1, -0.05) is 37.5 Å². The van der Waals surface area contributed by atoms with E-state index in [0.29, 0.717) is 36.0 Å². The third-order valence-corrected chi connectivity index (χ3v) is 9.21. The second kappa shape index (κ2) is 8.54. The molecule has 2 amide bonds. The predicted octanol–water partition coefficient (Wildman–Crippen LogP) is 4.60. The molecule has 34 heavy (non-hydrogen) atoms. The van der Waals surface area contributed by atoms with Gasteiger partial charge in [-0.05, 0) is 80.8 Å². The number of hydrogen-bond acceptors (Lipinski definition) is 4. The molecular weight excluding hydrogens is 426 g/mol. The van der Waals surface area contributed by atoms with Crippen molar-refractivity contribution in [3.8, 4) is 5.75 Å². The first-order valence-corrected chi connectivity index (χ1v) is 13.1. The van der Waals surface area contributed by atoms with E-state index >= 15 is 0 Å². The summed E-state index contributed by atoms with van der Waals surface area (Å²) < 4.78 is 6.22. The van der Waals surface area contributed by atoms with Crippen LogP contribution in [0.25, 0.3) is 10.9 Å². The van der Waals surface area contributed by atoms with Crippen LogP contribution in [0.4, 0.5) is 0 Å². The number of carbonyl (C=O) groups excluding carboxylic acids is 2. The number of benzene rings is 1. The second-order valence-electron chi connectivity index (χ2n) is 11.5. The Labute approximate surface area is 201 Å². The van der Waals surface area contributed by atoms with Crippen LogP contribution in [0.5, 0.6) is 5.75 Å². The normalized spacial score (nSPS) is 32.6. The molecule has 5 fully saturated rings. The quantitative estimate of drug-likeness (QED) is 0.657. The van der Waals surface area contributed by atoms with E-state index in [0.717, 1.165) is 48.8 Å². The van der Waals surface area contributed by atoms with Crippen LogP contribution in [0.2, 0.25) is 0 Å². The minimum absolute atomic E-state index is 0.104. The summed E-state index contributed by atoms with van der Waals surface area (Å²) in [6, 6.07) is 9.84. The lowest BCUT2D eigenvalue weighted by atomic mass is 9.47. The Kier molecular flexibility index (Phi) is 5.50. The van der Waals surface area contributed by atoms with Gasteiger partial charge in [-0.2, -0.15) is 0 Å². The molecule has 2 unspecified atom stereocenters. The molecule has 6 heteroatoms. The molecule has 5 aliphatic carbocycles. The fraction of sp³-hybridized carbons (Fsp3) is 0.607. The average molecular weight is 462 g/mol. The Morgan fingerprint density at radius 3 is 2.53 bits per heavy atom. The van der Waals surface area contributed by atoms with Crippen molar-refractivity contribution in [2.45, 2.75) is 70.3 Å². The molecule has 5 saturated carbocycles. The summed E-state index contributed by atoms with van der Waals surface area (Å²) in [6.07, 6.45) is 11.1. The average Bonchev–Trinajstić information content (AvgIpc) is 2.84. The van der Waals surface area contributed by atoms with Gasteiger partial charge in [-0.3, -0.25) is 9.59 Å². The van der Waals surface area contributed by atoms with E-state index in [2.05, 4.69) is 5.32 Å². The monoisotopic (exact) mass is 461 g/mol. The molecule has 1 heterocycles. The molecule has 1 aromatic carbocycles. The number of hydrogen-bond donors (Lipinski definition) is 2. The lowest BCUT2D eigenvalue weighted by Crippen LogP contribution is -2.62. The van der Waals surface area contributed by atoms with Crippen LogP contribution in [0.1, 0.15) is 74.7 Å². The standard InChI is InChI=1S/C28H35N3O3/c29-27(33)28-13-18-11-20(14-28)24(21(12-18)15-28)31-26(32)22-10-9-19-7-4-8-23(25(19)30-22)34-16-17-5-2-1-3-6-17/h4,7-10,17-18,20-21,24H,1-3,5-6,11-16H2,(H2,29,33)(H,31,32)/t18?,20?,21?,24-,28-. The van der Waals surface area contributed by atoms with Crippen molar-refractivity contribution in [3.05, 3.63) is 36.0 Å². The summed E-state index contributed by atoms with van der Waals surface area (Å²) in [5.41, 5.74) is 6.66. The molecule has 0 saturated heterocycles. The molecule has 1 aromatic heterocycles. The number of amides is 2. The molecule has 3 N–H and O–H groups in total. The zero-order valence-electron chi connectivity index (χ0n) is 19.8. The Morgan fingerprint density at radius 2 is 1.79 bits per heavy atom. The smallest absolute Gasteiger partial charge is 0.270 e. The number of pyridine rings is 1. The zero-order chi connectivity index (χ0) is 23.3. The molecule has 0 aliphatic heterocycles. The van der Waals surface area contributed by atoms with Crippen molar-refractivity contribution in [3.63, 3.8) is 0 Å². The number of nitrogens with two attached hydrogens (primary N) is 1. The van der Waals surface area contributed by atoms with E-state index in [1.54, 1.807) is 0 Å². The molecule has 180 valence electrons. The van der Waals surface area contributed by atoms with Crippen molar-refractivity contribution in [1.82, 2.24) is 10.3 Å². The number of fused-ring (bicyclic) bond motifs is 1. The van der Waals surface area contributed by atoms with Crippen LogP contribution in [-0.2, 0) is 4.79 Å². The summed E-state index contributed by atoms with van der Waals surface area (Å²) in [5.74, 6) is 2.32. The van der Waals surface area contributed by atoms with Crippen LogP contribution in [0.3, 0.4) is 0 Å². The van der Waals surface area contributed by atoms with Gasteiger partial charge in [0, 0.05) is 16.8 Å². The number of ether oxygens (including phenoxy) is 1. The van der Waals surface area contributed by atoms with E-state index in [1.807, 2.05) is 30.3 Å². The molecule has 0 radical (unpaired) electrons. The largest absolute Gasteiger partial charge is 0.491 e. The van der Waals surface area contributed by atoms with Crippen LogP contribution < -0.4 is 15.8 Å². The van der Waals surface area contributed by atoms with Crippen LogP contribution >= 0.6 is 0 Å². The first-order chi connectivity index (χ1) is 16.5. The number of para-hydroxylation sites is 1. The fourth-order valence-electron chi connectivity index (χ4n) is 7.71. The highest BCUT2D eigenvalue weighted by atomic mass is 16.5. The number of nitrogens with zero attached hydrogens (tertiary/aromatic N) is 1. The molecule has 7 rings (SSSR count). The molecule has 5 aliphatic rings. The highest BCUT2D eigenvalue weighted by molar-refractivity contribution is 5.96. The Bertz CT molecular complexity index is 1090. The van der Waals surface area contributed by atoms with Gasteiger partial charge in [-0.15, -0.1) is 0 Å². The van der Waals surface area contributed by atoms with Gasteiger partial charge in [-0.25, -0.2) is 4.98 Å². The first-order valence-electron chi connectivity index (χ1n) is 13.1. The number of rotatable bonds is 6. The molecule has 2 aromatic rings. The molecule has 6 nitrogen and oxygen atoms in total. The molecule has 2 atom stereocenters. The van der Waals surface area contributed by atoms with Crippen molar-refractivity contribution in [2.75, 3.05) is 6.61 Å². The third-order valence-electron chi connectivity index (χ3n) is 9.21. The number of primary amides is 1. The van der Waals surface area contributed by atoms with Gasteiger partial charge in [0.15, 0.2) is 0 Å². The van der Waals surface area contributed by atoms with Crippen LogP contribution in [0.15, 0.2) is 30.3 Å². The van der Waals surface area contributed by atoms with Crippen LogP contribution in [0, 0.1) is 29.1 Å².